The van der Waals surface area contributed by atoms with Gasteiger partial charge in [-0.05, 0) is 17.7 Å². The summed E-state index contributed by atoms with van der Waals surface area (Å²) in [6.45, 7) is 0. The molecule has 0 aliphatic carbocycles. The van der Waals surface area contributed by atoms with Gasteiger partial charge in [-0.3, -0.25) is 4.79 Å². The predicted molar refractivity (Wildman–Crippen MR) is 46.9 cm³/mol. The molecule has 1 rings (SSSR count). The van der Waals surface area contributed by atoms with Crippen LogP contribution >= 0.6 is 11.6 Å². The molecule has 0 amide bonds. The molecule has 0 aliphatic rings. The summed E-state index contributed by atoms with van der Waals surface area (Å²) in [7, 11) is 1.21. The van der Waals surface area contributed by atoms with Crippen LogP contribution in [0.3, 0.4) is 0 Å². The second-order valence-corrected chi connectivity index (χ2v) is 2.57. The summed E-state index contributed by atoms with van der Waals surface area (Å²) in [6, 6.07) is 6.13. The number of nitrogens with zero attached hydrogens (tertiary/aromatic N) is 1. The van der Waals surface area contributed by atoms with E-state index in [0.717, 1.165) is 0 Å². The molecule has 0 aromatic heterocycles. The molecule has 0 heterocycles. The van der Waals surface area contributed by atoms with Crippen molar-refractivity contribution < 1.29 is 14.6 Å². The van der Waals surface area contributed by atoms with Crippen LogP contribution in [-0.2, 0) is 4.84 Å². The molecule has 13 heavy (non-hydrogen) atoms. The molecule has 5 heteroatoms. The van der Waals surface area contributed by atoms with Crippen LogP contribution in [0.4, 0.5) is 5.69 Å². The first-order valence-corrected chi connectivity index (χ1v) is 3.85. The molecule has 0 radical (unpaired) electrons. The number of para-hydroxylation sites is 1. The molecule has 1 aromatic rings. The van der Waals surface area contributed by atoms with Gasteiger partial charge in [-0.15, -0.1) is 0 Å². The predicted octanol–water partition coefficient (Wildman–Crippen LogP) is 2.04. The molecule has 0 fully saturated rings. The van der Waals surface area contributed by atoms with Gasteiger partial charge in [0.15, 0.2) is 7.11 Å². The Labute approximate surface area is 79.6 Å². The highest BCUT2D eigenvalue weighted by Crippen LogP contribution is 2.19. The van der Waals surface area contributed by atoms with Crippen LogP contribution in [0.5, 0.6) is 0 Å². The molecule has 0 spiro atoms. The first-order valence-electron chi connectivity index (χ1n) is 3.47. The summed E-state index contributed by atoms with van der Waals surface area (Å²) in [5, 5.41) is -0.687. The standard InChI is InChI=1S/C8H7ClNO3/c1-13-10(12)7-5-3-2-4-6(7)8(9)11/h2-5H,1H3/q+1. The number of rotatable bonds is 3. The van der Waals surface area contributed by atoms with Crippen molar-refractivity contribution in [3.05, 3.63) is 34.7 Å². The molecular weight excluding hydrogens is 194 g/mol. The monoisotopic (exact) mass is 200 g/mol. The number of benzene rings is 1. The molecular formula is C8H7ClNO3+. The van der Waals surface area contributed by atoms with Crippen LogP contribution in [0.1, 0.15) is 10.4 Å². The van der Waals surface area contributed by atoms with E-state index >= 15 is 0 Å². The molecule has 0 aliphatic heterocycles. The Balaban J connectivity index is 3.19. The lowest BCUT2D eigenvalue weighted by atomic mass is 10.2. The van der Waals surface area contributed by atoms with E-state index in [2.05, 4.69) is 4.84 Å². The van der Waals surface area contributed by atoms with Crippen molar-refractivity contribution in [2.24, 2.45) is 0 Å². The zero-order valence-corrected chi connectivity index (χ0v) is 7.62. The van der Waals surface area contributed by atoms with Crippen LogP contribution in [0.25, 0.3) is 0 Å². The van der Waals surface area contributed by atoms with E-state index in [1.54, 1.807) is 12.1 Å². The lowest BCUT2D eigenvalue weighted by molar-refractivity contribution is -0.736. The molecule has 0 N–H and O–H groups in total. The first-order chi connectivity index (χ1) is 6.16. The smallest absolute Gasteiger partial charge is 0.275 e. The van der Waals surface area contributed by atoms with Gasteiger partial charge in [-0.25, -0.2) is 4.84 Å². The van der Waals surface area contributed by atoms with Gasteiger partial charge in [-0.1, -0.05) is 12.1 Å². The lowest BCUT2D eigenvalue weighted by Crippen LogP contribution is -2.03. The van der Waals surface area contributed by atoms with E-state index in [1.165, 1.54) is 19.2 Å². The third-order valence-electron chi connectivity index (χ3n) is 1.48. The second-order valence-electron chi connectivity index (χ2n) is 2.23. The second kappa shape index (κ2) is 4.00. The number of hydrogen-bond acceptors (Lipinski definition) is 3. The van der Waals surface area contributed by atoms with E-state index < -0.39 is 5.24 Å². The van der Waals surface area contributed by atoms with Gasteiger partial charge in [0.1, 0.15) is 5.56 Å². The Morgan fingerprint density at radius 1 is 1.46 bits per heavy atom. The molecule has 68 valence electrons. The van der Waals surface area contributed by atoms with Crippen LogP contribution in [0.15, 0.2) is 24.3 Å². The number of halogens is 1. The van der Waals surface area contributed by atoms with Gasteiger partial charge in [0.2, 0.25) is 0 Å². The largest absolute Gasteiger partial charge is 0.328 e. The maximum absolute atomic E-state index is 11.0. The van der Waals surface area contributed by atoms with Crippen molar-refractivity contribution in [3.63, 3.8) is 0 Å². The minimum Gasteiger partial charge on any atom is -0.275 e. The van der Waals surface area contributed by atoms with Crippen molar-refractivity contribution in [3.8, 4) is 0 Å². The maximum Gasteiger partial charge on any atom is 0.328 e. The third-order valence-corrected chi connectivity index (χ3v) is 1.68. The van der Waals surface area contributed by atoms with Gasteiger partial charge in [0.25, 0.3) is 10.2 Å². The first kappa shape index (κ1) is 9.67. The fourth-order valence-electron chi connectivity index (χ4n) is 0.897. The SMILES string of the molecule is CO[N+](=O)c1ccccc1C(=O)Cl. The van der Waals surface area contributed by atoms with E-state index in [9.17, 15) is 9.70 Å². The van der Waals surface area contributed by atoms with Crippen molar-refractivity contribution in [1.82, 2.24) is 0 Å². The van der Waals surface area contributed by atoms with Crippen LogP contribution < -0.4 is 0 Å². The minimum atomic E-state index is -0.687. The van der Waals surface area contributed by atoms with E-state index in [1.807, 2.05) is 0 Å². The number of carbonyl (C=O) groups is 1. The van der Waals surface area contributed by atoms with E-state index in [-0.39, 0.29) is 16.2 Å². The highest BCUT2D eigenvalue weighted by molar-refractivity contribution is 6.68. The van der Waals surface area contributed by atoms with Gasteiger partial charge in [0, 0.05) is 6.07 Å². The normalized spacial score (nSPS) is 9.38. The highest BCUT2D eigenvalue weighted by Gasteiger charge is 2.22. The Morgan fingerprint density at radius 3 is 2.62 bits per heavy atom. The highest BCUT2D eigenvalue weighted by atomic mass is 35.5. The summed E-state index contributed by atoms with van der Waals surface area (Å²) in [5.74, 6) is 0. The van der Waals surface area contributed by atoms with Crippen molar-refractivity contribution in [1.29, 1.82) is 0 Å². The van der Waals surface area contributed by atoms with Crippen molar-refractivity contribution in [2.75, 3.05) is 7.11 Å². The molecule has 0 unspecified atom stereocenters. The van der Waals surface area contributed by atoms with Gasteiger partial charge in [0.05, 0.1) is 4.91 Å². The van der Waals surface area contributed by atoms with Crippen molar-refractivity contribution >= 4 is 22.5 Å². The fraction of sp³-hybridized carbons (Fsp3) is 0.125. The summed E-state index contributed by atoms with van der Waals surface area (Å²) >= 11 is 5.25. The Morgan fingerprint density at radius 2 is 2.08 bits per heavy atom. The molecule has 0 bridgehead atoms. The van der Waals surface area contributed by atoms with Crippen molar-refractivity contribution in [2.45, 2.75) is 0 Å². The molecule has 0 atom stereocenters. The topological polar surface area (TPSA) is 46.4 Å². The Bertz CT molecular complexity index is 351. The maximum atomic E-state index is 11.0. The number of hydrogen-bond donors (Lipinski definition) is 0. The van der Waals surface area contributed by atoms with Gasteiger partial charge < -0.3 is 0 Å². The summed E-state index contributed by atoms with van der Waals surface area (Å²) in [6.07, 6.45) is 0. The quantitative estimate of drug-likeness (QED) is 0.554. The van der Waals surface area contributed by atoms with Gasteiger partial charge >= 0.3 is 5.69 Å². The minimum absolute atomic E-state index is 0.102. The van der Waals surface area contributed by atoms with E-state index in [4.69, 9.17) is 11.6 Å². The van der Waals surface area contributed by atoms with E-state index in [0.29, 0.717) is 0 Å². The average Bonchev–Trinajstić information content (AvgIpc) is 2.16. The molecule has 1 aromatic carbocycles. The summed E-state index contributed by atoms with van der Waals surface area (Å²) in [5.41, 5.74) is 0.228. The zero-order chi connectivity index (χ0) is 9.84. The zero-order valence-electron chi connectivity index (χ0n) is 6.86. The summed E-state index contributed by atoms with van der Waals surface area (Å²) in [4.78, 5) is 26.5. The average molecular weight is 201 g/mol. The van der Waals surface area contributed by atoms with Crippen LogP contribution in [-0.4, -0.2) is 17.3 Å². The molecule has 4 nitrogen and oxygen atoms in total. The van der Waals surface area contributed by atoms with Gasteiger partial charge in [-0.2, -0.15) is 0 Å². The Hall–Kier alpha value is -1.42. The Kier molecular flexibility index (Phi) is 2.97. The molecule has 0 saturated carbocycles. The lowest BCUT2D eigenvalue weighted by Gasteiger charge is -1.93. The molecule has 0 saturated heterocycles. The number of carbonyl (C=O) groups excluding carboxylic acids is 1. The summed E-state index contributed by atoms with van der Waals surface area (Å²) < 4.78 is 0. The van der Waals surface area contributed by atoms with Crippen LogP contribution in [0.2, 0.25) is 0 Å². The fourth-order valence-corrected chi connectivity index (χ4v) is 1.06. The van der Waals surface area contributed by atoms with Crippen LogP contribution in [0, 0.1) is 4.91 Å². The third kappa shape index (κ3) is 2.03.